The lowest BCUT2D eigenvalue weighted by Gasteiger charge is -2.15. The van der Waals surface area contributed by atoms with Crippen LogP contribution in [0.2, 0.25) is 0 Å². The summed E-state index contributed by atoms with van der Waals surface area (Å²) in [6.07, 6.45) is -3.87. The van der Waals surface area contributed by atoms with Gasteiger partial charge < -0.3 is 4.74 Å². The monoisotopic (exact) mass is 452 g/mol. The fourth-order valence-corrected chi connectivity index (χ4v) is 3.60. The van der Waals surface area contributed by atoms with E-state index in [0.29, 0.717) is 34.8 Å². The Labute approximate surface area is 162 Å². The van der Waals surface area contributed by atoms with E-state index >= 15 is 0 Å². The second-order valence-electron chi connectivity index (χ2n) is 6.24. The highest BCUT2D eigenvalue weighted by Crippen LogP contribution is 2.22. The van der Waals surface area contributed by atoms with Gasteiger partial charge in [-0.25, -0.2) is 4.98 Å². The highest BCUT2D eigenvalue weighted by Gasteiger charge is 2.27. The predicted molar refractivity (Wildman–Crippen MR) is 101 cm³/mol. The molecule has 1 heterocycles. The van der Waals surface area contributed by atoms with Crippen molar-refractivity contribution < 1.29 is 17.9 Å². The third kappa shape index (κ3) is 6.28. The van der Waals surface area contributed by atoms with Crippen LogP contribution in [0.15, 0.2) is 32.6 Å². The van der Waals surface area contributed by atoms with Gasteiger partial charge >= 0.3 is 6.18 Å². The lowest BCUT2D eigenvalue weighted by Crippen LogP contribution is -2.25. The largest absolute Gasteiger partial charge is 0.411 e. The van der Waals surface area contributed by atoms with Gasteiger partial charge in [-0.05, 0) is 30.5 Å². The minimum atomic E-state index is -4.31. The highest BCUT2D eigenvalue weighted by molar-refractivity contribution is 9.10. The molecule has 0 aliphatic heterocycles. The van der Waals surface area contributed by atoms with Crippen LogP contribution in [0.4, 0.5) is 13.2 Å². The predicted octanol–water partition coefficient (Wildman–Crippen LogP) is 4.88. The van der Waals surface area contributed by atoms with Crippen LogP contribution in [0.25, 0.3) is 10.9 Å². The molecular formula is C17H20BrF3N2O2S. The number of benzene rings is 1. The molecular weight excluding hydrogens is 433 g/mol. The number of hydrogen-bond acceptors (Lipinski definition) is 4. The Balaban J connectivity index is 2.12. The molecule has 0 atom stereocenters. The van der Waals surface area contributed by atoms with Crippen LogP contribution >= 0.6 is 27.7 Å². The molecule has 144 valence electrons. The minimum absolute atomic E-state index is 0.0153. The maximum atomic E-state index is 12.8. The fourth-order valence-electron chi connectivity index (χ4n) is 2.32. The Morgan fingerprint density at radius 2 is 2.08 bits per heavy atom. The second-order valence-corrected chi connectivity index (χ2v) is 8.21. The average Bonchev–Trinajstić information content (AvgIpc) is 2.53. The molecule has 26 heavy (non-hydrogen) atoms. The minimum Gasteiger partial charge on any atom is -0.372 e. The van der Waals surface area contributed by atoms with Crippen molar-refractivity contribution in [3.63, 3.8) is 0 Å². The first kappa shape index (κ1) is 21.2. The number of nitrogens with zero attached hydrogens (tertiary/aromatic N) is 2. The lowest BCUT2D eigenvalue weighted by atomic mass is 10.2. The van der Waals surface area contributed by atoms with E-state index in [-0.39, 0.29) is 18.1 Å². The zero-order valence-corrected chi connectivity index (χ0v) is 16.9. The molecule has 0 bridgehead atoms. The Hall–Kier alpha value is -1.06. The summed E-state index contributed by atoms with van der Waals surface area (Å²) in [6, 6.07) is 5.35. The summed E-state index contributed by atoms with van der Waals surface area (Å²) in [6.45, 7) is 3.33. The first-order chi connectivity index (χ1) is 12.2. The van der Waals surface area contributed by atoms with Crippen molar-refractivity contribution in [1.82, 2.24) is 9.55 Å². The van der Waals surface area contributed by atoms with E-state index in [0.717, 1.165) is 4.47 Å². The standard InChI is InChI=1S/C17H20BrF3N2O2S/c1-11(2)9-23-15(24)13-8-12(18)4-5-14(13)22-16(23)26-7-3-6-25-10-17(19,20)21/h4-5,8,11H,3,6-7,9-10H2,1-2H3. The summed E-state index contributed by atoms with van der Waals surface area (Å²) in [5.41, 5.74) is 0.495. The molecule has 2 rings (SSSR count). The molecule has 0 spiro atoms. The highest BCUT2D eigenvalue weighted by atomic mass is 79.9. The molecule has 0 N–H and O–H groups in total. The van der Waals surface area contributed by atoms with Crippen molar-refractivity contribution in [1.29, 1.82) is 0 Å². The topological polar surface area (TPSA) is 44.1 Å². The SMILES string of the molecule is CC(C)Cn1c(SCCCOCC(F)(F)F)nc2ccc(Br)cc2c1=O. The average molecular weight is 453 g/mol. The van der Waals surface area contributed by atoms with Crippen molar-refractivity contribution in [3.05, 3.63) is 33.0 Å². The lowest BCUT2D eigenvalue weighted by molar-refractivity contribution is -0.173. The molecule has 0 aliphatic rings. The quantitative estimate of drug-likeness (QED) is 0.325. The van der Waals surface area contributed by atoms with E-state index in [1.165, 1.54) is 11.8 Å². The molecule has 1 aromatic carbocycles. The number of aromatic nitrogens is 2. The van der Waals surface area contributed by atoms with E-state index in [2.05, 4.69) is 25.7 Å². The van der Waals surface area contributed by atoms with Gasteiger partial charge in [-0.2, -0.15) is 13.2 Å². The smallest absolute Gasteiger partial charge is 0.372 e. The summed E-state index contributed by atoms with van der Waals surface area (Å²) in [5, 5.41) is 1.12. The first-order valence-electron chi connectivity index (χ1n) is 8.15. The van der Waals surface area contributed by atoms with Crippen molar-refractivity contribution in [3.8, 4) is 0 Å². The van der Waals surface area contributed by atoms with Crippen molar-refractivity contribution in [2.24, 2.45) is 5.92 Å². The van der Waals surface area contributed by atoms with Crippen LogP contribution in [0, 0.1) is 5.92 Å². The molecule has 0 amide bonds. The van der Waals surface area contributed by atoms with Gasteiger partial charge in [0.15, 0.2) is 5.16 Å². The van der Waals surface area contributed by atoms with Gasteiger partial charge in [-0.3, -0.25) is 9.36 Å². The number of ether oxygens (including phenoxy) is 1. The maximum absolute atomic E-state index is 12.8. The Kier molecular flexibility index (Phi) is 7.54. The van der Waals surface area contributed by atoms with Gasteiger partial charge in [0, 0.05) is 23.4 Å². The fraction of sp³-hybridized carbons (Fsp3) is 0.529. The molecule has 2 aromatic rings. The van der Waals surface area contributed by atoms with Crippen LogP contribution in [-0.2, 0) is 11.3 Å². The van der Waals surface area contributed by atoms with Crippen molar-refractivity contribution in [2.75, 3.05) is 19.0 Å². The molecule has 0 aliphatic carbocycles. The van der Waals surface area contributed by atoms with Crippen LogP contribution in [0.5, 0.6) is 0 Å². The molecule has 0 fully saturated rings. The van der Waals surface area contributed by atoms with E-state index in [1.807, 2.05) is 19.9 Å². The van der Waals surface area contributed by atoms with Gasteiger partial charge in [0.1, 0.15) is 6.61 Å². The number of halogens is 4. The zero-order valence-electron chi connectivity index (χ0n) is 14.5. The van der Waals surface area contributed by atoms with Gasteiger partial charge in [-0.15, -0.1) is 0 Å². The molecule has 0 saturated heterocycles. The van der Waals surface area contributed by atoms with E-state index in [1.54, 1.807) is 16.7 Å². The number of alkyl halides is 3. The van der Waals surface area contributed by atoms with E-state index in [9.17, 15) is 18.0 Å². The summed E-state index contributed by atoms with van der Waals surface area (Å²) in [4.78, 5) is 17.4. The van der Waals surface area contributed by atoms with Gasteiger partial charge in [-0.1, -0.05) is 41.5 Å². The van der Waals surface area contributed by atoms with Crippen LogP contribution in [0.3, 0.4) is 0 Å². The van der Waals surface area contributed by atoms with Crippen molar-refractivity contribution in [2.45, 2.75) is 38.1 Å². The summed E-state index contributed by atoms with van der Waals surface area (Å²) < 4.78 is 43.2. The molecule has 0 saturated carbocycles. The van der Waals surface area contributed by atoms with Crippen LogP contribution in [-0.4, -0.2) is 34.7 Å². The molecule has 0 radical (unpaired) electrons. The maximum Gasteiger partial charge on any atom is 0.411 e. The van der Waals surface area contributed by atoms with Crippen LogP contribution < -0.4 is 5.56 Å². The number of hydrogen-bond donors (Lipinski definition) is 0. The Morgan fingerprint density at radius 3 is 2.73 bits per heavy atom. The number of rotatable bonds is 8. The zero-order chi connectivity index (χ0) is 19.3. The molecule has 1 aromatic heterocycles. The molecule has 9 heteroatoms. The van der Waals surface area contributed by atoms with Gasteiger partial charge in [0.2, 0.25) is 0 Å². The summed E-state index contributed by atoms with van der Waals surface area (Å²) >= 11 is 4.72. The van der Waals surface area contributed by atoms with E-state index in [4.69, 9.17) is 0 Å². The third-order valence-electron chi connectivity index (χ3n) is 3.36. The van der Waals surface area contributed by atoms with Crippen molar-refractivity contribution >= 4 is 38.6 Å². The Bertz CT molecular complexity index is 809. The second kappa shape index (κ2) is 9.23. The van der Waals surface area contributed by atoms with Crippen LogP contribution in [0.1, 0.15) is 20.3 Å². The van der Waals surface area contributed by atoms with E-state index < -0.39 is 12.8 Å². The number of thioether (sulfide) groups is 1. The number of fused-ring (bicyclic) bond motifs is 1. The van der Waals surface area contributed by atoms with Gasteiger partial charge in [0.25, 0.3) is 5.56 Å². The van der Waals surface area contributed by atoms with Gasteiger partial charge in [0.05, 0.1) is 10.9 Å². The first-order valence-corrected chi connectivity index (χ1v) is 9.92. The molecule has 4 nitrogen and oxygen atoms in total. The summed E-state index contributed by atoms with van der Waals surface area (Å²) in [7, 11) is 0. The molecule has 0 unspecified atom stereocenters. The third-order valence-corrected chi connectivity index (χ3v) is 4.91. The normalized spacial score (nSPS) is 12.3. The Morgan fingerprint density at radius 1 is 1.35 bits per heavy atom. The summed E-state index contributed by atoms with van der Waals surface area (Å²) in [5.74, 6) is 0.776.